The number of nitrogens with zero attached hydrogens (tertiary/aromatic N) is 1. The summed E-state index contributed by atoms with van der Waals surface area (Å²) in [6.07, 6.45) is 0.259. The molecule has 0 aliphatic heterocycles. The van der Waals surface area contributed by atoms with Crippen molar-refractivity contribution in [1.29, 1.82) is 0 Å². The third-order valence-corrected chi connectivity index (χ3v) is 6.74. The zero-order chi connectivity index (χ0) is 19.4. The maximum atomic E-state index is 12.4. The maximum Gasteiger partial charge on any atom is 0.271 e. The number of likely N-dealkylation sites (N-methyl/N-ethyl adjacent to an activating group) is 1. The summed E-state index contributed by atoms with van der Waals surface area (Å²) in [5.74, 6) is -0.00144. The second-order valence-electron chi connectivity index (χ2n) is 7.03. The molecule has 142 valence electrons. The lowest BCUT2D eigenvalue weighted by Gasteiger charge is -2.29. The standard InChI is InChI=1S/C18H25N3O3S2/c1-18(2,12-19)13-21(3)16(22)11-14-6-8-15(9-7-14)20-26(23,24)17-5-4-10-25-17/h4-10,20H,11-13,19H2,1-3H3. The normalized spacial score (nSPS) is 12.0. The van der Waals surface area contributed by atoms with Gasteiger partial charge in [0.25, 0.3) is 10.0 Å². The van der Waals surface area contributed by atoms with Crippen LogP contribution >= 0.6 is 11.3 Å². The predicted molar refractivity (Wildman–Crippen MR) is 106 cm³/mol. The maximum absolute atomic E-state index is 12.4. The van der Waals surface area contributed by atoms with Crippen molar-refractivity contribution >= 4 is 33.0 Å². The van der Waals surface area contributed by atoms with Gasteiger partial charge in [-0.2, -0.15) is 0 Å². The number of sulfonamides is 1. The molecule has 8 heteroatoms. The zero-order valence-electron chi connectivity index (χ0n) is 15.2. The molecular formula is C18H25N3O3S2. The molecule has 0 bridgehead atoms. The van der Waals surface area contributed by atoms with Gasteiger partial charge in [0.15, 0.2) is 0 Å². The van der Waals surface area contributed by atoms with Gasteiger partial charge in [-0.15, -0.1) is 11.3 Å². The summed E-state index contributed by atoms with van der Waals surface area (Å²) in [4.78, 5) is 14.0. The topological polar surface area (TPSA) is 92.5 Å². The molecule has 2 rings (SSSR count). The smallest absolute Gasteiger partial charge is 0.271 e. The van der Waals surface area contributed by atoms with Crippen molar-refractivity contribution in [3.63, 3.8) is 0 Å². The number of rotatable bonds is 8. The van der Waals surface area contributed by atoms with Gasteiger partial charge in [-0.1, -0.05) is 32.0 Å². The molecule has 0 aliphatic rings. The van der Waals surface area contributed by atoms with E-state index in [4.69, 9.17) is 5.73 Å². The lowest BCUT2D eigenvalue weighted by Crippen LogP contribution is -2.40. The molecule has 0 atom stereocenters. The Balaban J connectivity index is 1.98. The minimum atomic E-state index is -3.56. The van der Waals surface area contributed by atoms with Crippen molar-refractivity contribution in [2.75, 3.05) is 24.9 Å². The number of nitrogens with two attached hydrogens (primary N) is 1. The summed E-state index contributed by atoms with van der Waals surface area (Å²) >= 11 is 1.16. The monoisotopic (exact) mass is 395 g/mol. The highest BCUT2D eigenvalue weighted by molar-refractivity contribution is 7.94. The molecule has 0 spiro atoms. The van der Waals surface area contributed by atoms with Gasteiger partial charge >= 0.3 is 0 Å². The number of carbonyl (C=O) groups excluding carboxylic acids is 1. The van der Waals surface area contributed by atoms with Crippen molar-refractivity contribution in [3.05, 3.63) is 47.3 Å². The highest BCUT2D eigenvalue weighted by atomic mass is 32.2. The van der Waals surface area contributed by atoms with Crippen LogP contribution in [0.2, 0.25) is 0 Å². The van der Waals surface area contributed by atoms with Crippen LogP contribution in [-0.4, -0.2) is 39.4 Å². The molecular weight excluding hydrogens is 370 g/mol. The van der Waals surface area contributed by atoms with Gasteiger partial charge in [-0.05, 0) is 41.1 Å². The lowest BCUT2D eigenvalue weighted by molar-refractivity contribution is -0.130. The van der Waals surface area contributed by atoms with Crippen LogP contribution in [-0.2, 0) is 21.2 Å². The van der Waals surface area contributed by atoms with E-state index in [2.05, 4.69) is 4.72 Å². The highest BCUT2D eigenvalue weighted by Gasteiger charge is 2.21. The van der Waals surface area contributed by atoms with E-state index in [0.717, 1.165) is 16.9 Å². The summed E-state index contributed by atoms with van der Waals surface area (Å²) in [7, 11) is -1.79. The molecule has 0 unspecified atom stereocenters. The molecule has 3 N–H and O–H groups in total. The Morgan fingerprint density at radius 3 is 2.42 bits per heavy atom. The Morgan fingerprint density at radius 2 is 1.88 bits per heavy atom. The Bertz CT molecular complexity index is 829. The lowest BCUT2D eigenvalue weighted by atomic mass is 9.93. The number of amides is 1. The van der Waals surface area contributed by atoms with Crippen LogP contribution in [0.5, 0.6) is 0 Å². The number of anilines is 1. The quantitative estimate of drug-likeness (QED) is 0.718. The van der Waals surface area contributed by atoms with E-state index in [1.54, 1.807) is 53.7 Å². The Kier molecular flexibility index (Phi) is 6.44. The number of carbonyl (C=O) groups is 1. The first-order chi connectivity index (χ1) is 12.1. The average Bonchev–Trinajstić information content (AvgIpc) is 3.11. The summed E-state index contributed by atoms with van der Waals surface area (Å²) in [5, 5.41) is 1.71. The van der Waals surface area contributed by atoms with E-state index >= 15 is 0 Å². The van der Waals surface area contributed by atoms with Crippen LogP contribution in [0.25, 0.3) is 0 Å². The highest BCUT2D eigenvalue weighted by Crippen LogP contribution is 2.21. The molecule has 1 heterocycles. The molecule has 0 aliphatic carbocycles. The minimum Gasteiger partial charge on any atom is -0.345 e. The van der Waals surface area contributed by atoms with Gasteiger partial charge in [-0.3, -0.25) is 9.52 Å². The van der Waals surface area contributed by atoms with Gasteiger partial charge < -0.3 is 10.6 Å². The van der Waals surface area contributed by atoms with Crippen LogP contribution in [0.1, 0.15) is 19.4 Å². The van der Waals surface area contributed by atoms with Crippen LogP contribution in [0.4, 0.5) is 5.69 Å². The Labute approximate surface area is 159 Å². The molecule has 0 saturated carbocycles. The van der Waals surface area contributed by atoms with Crippen LogP contribution < -0.4 is 10.5 Å². The molecule has 6 nitrogen and oxygen atoms in total. The van der Waals surface area contributed by atoms with Gasteiger partial charge in [0, 0.05) is 19.3 Å². The van der Waals surface area contributed by atoms with Crippen LogP contribution in [0, 0.1) is 5.41 Å². The van der Waals surface area contributed by atoms with Gasteiger partial charge in [-0.25, -0.2) is 8.42 Å². The number of nitrogens with one attached hydrogen (secondary N) is 1. The number of hydrogen-bond acceptors (Lipinski definition) is 5. The molecule has 1 aromatic carbocycles. The third-order valence-electron chi connectivity index (χ3n) is 3.96. The Morgan fingerprint density at radius 1 is 1.23 bits per heavy atom. The fourth-order valence-electron chi connectivity index (χ4n) is 2.42. The number of hydrogen-bond donors (Lipinski definition) is 2. The molecule has 0 saturated heterocycles. The summed E-state index contributed by atoms with van der Waals surface area (Å²) in [6, 6.07) is 10.1. The average molecular weight is 396 g/mol. The van der Waals surface area contributed by atoms with Crippen molar-refractivity contribution in [1.82, 2.24) is 4.90 Å². The zero-order valence-corrected chi connectivity index (χ0v) is 16.9. The molecule has 1 amide bonds. The molecule has 26 heavy (non-hydrogen) atoms. The van der Waals surface area contributed by atoms with Gasteiger partial charge in [0.2, 0.25) is 5.91 Å². The third kappa shape index (κ3) is 5.55. The Hall–Kier alpha value is -1.90. The first kappa shape index (κ1) is 20.4. The number of thiophene rings is 1. The largest absolute Gasteiger partial charge is 0.345 e. The second kappa shape index (κ2) is 8.20. The predicted octanol–water partition coefficient (Wildman–Crippen LogP) is 2.53. The van der Waals surface area contributed by atoms with Crippen molar-refractivity contribution in [3.8, 4) is 0 Å². The fourth-order valence-corrected chi connectivity index (χ4v) is 4.47. The fraction of sp³-hybridized carbons (Fsp3) is 0.389. The van der Waals surface area contributed by atoms with E-state index in [1.165, 1.54) is 0 Å². The van der Waals surface area contributed by atoms with Gasteiger partial charge in [0.1, 0.15) is 4.21 Å². The summed E-state index contributed by atoms with van der Waals surface area (Å²) < 4.78 is 27.2. The first-order valence-electron chi connectivity index (χ1n) is 8.22. The van der Waals surface area contributed by atoms with Crippen LogP contribution in [0.15, 0.2) is 46.0 Å². The number of benzene rings is 1. The molecule has 0 radical (unpaired) electrons. The van der Waals surface area contributed by atoms with E-state index < -0.39 is 10.0 Å². The van der Waals surface area contributed by atoms with Crippen molar-refractivity contribution < 1.29 is 13.2 Å². The minimum absolute atomic E-state index is 0.00144. The first-order valence-corrected chi connectivity index (χ1v) is 10.6. The molecule has 2 aromatic rings. The SMILES string of the molecule is CN(CC(C)(C)CN)C(=O)Cc1ccc(NS(=O)(=O)c2cccs2)cc1. The summed E-state index contributed by atoms with van der Waals surface area (Å²) in [6.45, 7) is 5.13. The molecule has 1 aromatic heterocycles. The van der Waals surface area contributed by atoms with E-state index in [9.17, 15) is 13.2 Å². The van der Waals surface area contributed by atoms with Crippen molar-refractivity contribution in [2.24, 2.45) is 11.1 Å². The second-order valence-corrected chi connectivity index (χ2v) is 9.89. The van der Waals surface area contributed by atoms with Crippen LogP contribution in [0.3, 0.4) is 0 Å². The van der Waals surface area contributed by atoms with E-state index in [-0.39, 0.29) is 22.0 Å². The molecule has 0 fully saturated rings. The van der Waals surface area contributed by atoms with E-state index in [1.807, 2.05) is 13.8 Å². The van der Waals surface area contributed by atoms with Crippen molar-refractivity contribution in [2.45, 2.75) is 24.5 Å². The van der Waals surface area contributed by atoms with E-state index in [0.29, 0.717) is 18.8 Å². The summed E-state index contributed by atoms with van der Waals surface area (Å²) in [5.41, 5.74) is 6.88. The van der Waals surface area contributed by atoms with Gasteiger partial charge in [0.05, 0.1) is 6.42 Å².